The van der Waals surface area contributed by atoms with Gasteiger partial charge in [-0.25, -0.2) is 9.59 Å². The maximum absolute atomic E-state index is 12.6. The van der Waals surface area contributed by atoms with E-state index in [1.165, 1.54) is 11.0 Å². The smallest absolute Gasteiger partial charge is 0.416 e. The van der Waals surface area contributed by atoms with Crippen molar-refractivity contribution < 1.29 is 23.8 Å². The molecule has 0 aromatic carbocycles. The molecular formula is C21H30N2O5. The molecule has 0 spiro atoms. The second kappa shape index (κ2) is 8.99. The molecular weight excluding hydrogens is 360 g/mol. The SMILES string of the molecule is CCCCN1C=C(/C=C(/Cc2ccc(C)o2)C(=O)O)N(C(=O)OC(C)(C)C)C1. The van der Waals surface area contributed by atoms with Crippen molar-refractivity contribution >= 4 is 12.1 Å². The minimum absolute atomic E-state index is 0.137. The average Bonchev–Trinajstić information content (AvgIpc) is 3.17. The van der Waals surface area contributed by atoms with E-state index in [0.717, 1.165) is 25.1 Å². The van der Waals surface area contributed by atoms with E-state index in [-0.39, 0.29) is 12.0 Å². The van der Waals surface area contributed by atoms with E-state index < -0.39 is 17.7 Å². The Balaban J connectivity index is 2.28. The third kappa shape index (κ3) is 6.18. The molecule has 1 amide bonds. The number of carboxylic acid groups (broad SMARTS) is 1. The van der Waals surface area contributed by atoms with Crippen LogP contribution in [0, 0.1) is 6.92 Å². The van der Waals surface area contributed by atoms with Gasteiger partial charge in [-0.1, -0.05) is 13.3 Å². The molecule has 28 heavy (non-hydrogen) atoms. The fourth-order valence-corrected chi connectivity index (χ4v) is 2.79. The first kappa shape index (κ1) is 21.6. The second-order valence-electron chi connectivity index (χ2n) is 7.93. The molecule has 0 fully saturated rings. The number of unbranched alkanes of at least 4 members (excludes halogenated alkanes) is 1. The standard InChI is InChI=1S/C21H30N2O5/c1-6-7-10-22-13-17(23(14-22)20(26)28-21(3,4)5)11-16(19(24)25)12-18-9-8-15(2)27-18/h8-9,11,13H,6-7,10,12,14H2,1-5H3,(H,24,25)/b16-11-. The molecule has 0 aliphatic carbocycles. The van der Waals surface area contributed by atoms with E-state index in [0.29, 0.717) is 18.1 Å². The lowest BCUT2D eigenvalue weighted by Crippen LogP contribution is -2.37. The number of carboxylic acids is 1. The van der Waals surface area contributed by atoms with E-state index in [2.05, 4.69) is 6.92 Å². The Hall–Kier alpha value is -2.70. The van der Waals surface area contributed by atoms with Crippen LogP contribution in [-0.2, 0) is 16.0 Å². The van der Waals surface area contributed by atoms with Crippen molar-refractivity contribution in [2.24, 2.45) is 0 Å². The molecule has 0 saturated carbocycles. The van der Waals surface area contributed by atoms with Crippen molar-refractivity contribution in [2.75, 3.05) is 13.2 Å². The van der Waals surface area contributed by atoms with Crippen LogP contribution in [0.1, 0.15) is 52.1 Å². The zero-order valence-corrected chi connectivity index (χ0v) is 17.3. The van der Waals surface area contributed by atoms with E-state index in [1.807, 2.05) is 18.0 Å². The van der Waals surface area contributed by atoms with Crippen LogP contribution in [-0.4, -0.2) is 45.8 Å². The molecule has 1 aliphatic rings. The fourth-order valence-electron chi connectivity index (χ4n) is 2.79. The Morgan fingerprint density at radius 2 is 2.04 bits per heavy atom. The Labute approximate surface area is 166 Å². The summed E-state index contributed by atoms with van der Waals surface area (Å²) in [4.78, 5) is 27.9. The van der Waals surface area contributed by atoms with Gasteiger partial charge < -0.3 is 19.2 Å². The first-order valence-electron chi connectivity index (χ1n) is 9.54. The first-order valence-corrected chi connectivity index (χ1v) is 9.54. The number of hydrogen-bond donors (Lipinski definition) is 1. The highest BCUT2D eigenvalue weighted by Gasteiger charge is 2.30. The van der Waals surface area contributed by atoms with Crippen molar-refractivity contribution in [1.82, 2.24) is 9.80 Å². The molecule has 7 heteroatoms. The fraction of sp³-hybridized carbons (Fsp3) is 0.524. The van der Waals surface area contributed by atoms with E-state index in [9.17, 15) is 14.7 Å². The van der Waals surface area contributed by atoms with Gasteiger partial charge in [0.2, 0.25) is 0 Å². The summed E-state index contributed by atoms with van der Waals surface area (Å²) in [5.74, 6) is 0.239. The van der Waals surface area contributed by atoms with Crippen molar-refractivity contribution in [3.8, 4) is 0 Å². The summed E-state index contributed by atoms with van der Waals surface area (Å²) < 4.78 is 11.0. The van der Waals surface area contributed by atoms with Crippen LogP contribution in [0.4, 0.5) is 4.79 Å². The number of amides is 1. The Morgan fingerprint density at radius 3 is 2.57 bits per heavy atom. The minimum Gasteiger partial charge on any atom is -0.478 e. The lowest BCUT2D eigenvalue weighted by Gasteiger charge is -2.26. The van der Waals surface area contributed by atoms with Crippen LogP contribution in [0.15, 0.2) is 40.1 Å². The maximum Gasteiger partial charge on any atom is 0.416 e. The number of ether oxygens (including phenoxy) is 1. The van der Waals surface area contributed by atoms with Gasteiger partial charge in [-0.15, -0.1) is 0 Å². The molecule has 1 aromatic heterocycles. The van der Waals surface area contributed by atoms with Gasteiger partial charge in [0, 0.05) is 24.7 Å². The predicted molar refractivity (Wildman–Crippen MR) is 106 cm³/mol. The zero-order valence-electron chi connectivity index (χ0n) is 17.3. The Kier molecular flexibility index (Phi) is 6.94. The number of aryl methyl sites for hydroxylation is 1. The molecule has 0 saturated heterocycles. The van der Waals surface area contributed by atoms with Crippen LogP contribution in [0.3, 0.4) is 0 Å². The van der Waals surface area contributed by atoms with Crippen molar-refractivity contribution in [3.05, 3.63) is 47.2 Å². The van der Waals surface area contributed by atoms with Gasteiger partial charge in [0.05, 0.1) is 5.70 Å². The van der Waals surface area contributed by atoms with Gasteiger partial charge in [-0.3, -0.25) is 4.90 Å². The summed E-state index contributed by atoms with van der Waals surface area (Å²) in [6.45, 7) is 10.4. The number of hydrogen-bond acceptors (Lipinski definition) is 5. The lowest BCUT2D eigenvalue weighted by molar-refractivity contribution is -0.132. The molecule has 1 N–H and O–H groups in total. The summed E-state index contributed by atoms with van der Waals surface area (Å²) in [6.07, 6.45) is 4.99. The van der Waals surface area contributed by atoms with Crippen LogP contribution < -0.4 is 0 Å². The monoisotopic (exact) mass is 390 g/mol. The van der Waals surface area contributed by atoms with Gasteiger partial charge in [-0.2, -0.15) is 0 Å². The van der Waals surface area contributed by atoms with Crippen LogP contribution in [0.25, 0.3) is 0 Å². The van der Waals surface area contributed by atoms with Gasteiger partial charge in [0.15, 0.2) is 0 Å². The third-order valence-electron chi connectivity index (χ3n) is 4.12. The molecule has 0 unspecified atom stereocenters. The van der Waals surface area contributed by atoms with Gasteiger partial charge in [0.1, 0.15) is 23.8 Å². The van der Waals surface area contributed by atoms with E-state index >= 15 is 0 Å². The molecule has 154 valence electrons. The normalized spacial score (nSPS) is 15.0. The summed E-state index contributed by atoms with van der Waals surface area (Å²) in [5.41, 5.74) is 0.0156. The highest BCUT2D eigenvalue weighted by molar-refractivity contribution is 5.88. The molecule has 2 rings (SSSR count). The molecule has 0 radical (unpaired) electrons. The molecule has 0 atom stereocenters. The number of allylic oxidation sites excluding steroid dienone is 1. The maximum atomic E-state index is 12.6. The lowest BCUT2D eigenvalue weighted by atomic mass is 10.1. The van der Waals surface area contributed by atoms with Crippen molar-refractivity contribution in [2.45, 2.75) is 59.5 Å². The molecule has 1 aromatic rings. The van der Waals surface area contributed by atoms with E-state index in [1.54, 1.807) is 32.9 Å². The zero-order chi connectivity index (χ0) is 20.9. The van der Waals surface area contributed by atoms with Gasteiger partial charge in [0.25, 0.3) is 0 Å². The first-order chi connectivity index (χ1) is 13.1. The average molecular weight is 390 g/mol. The highest BCUT2D eigenvalue weighted by Crippen LogP contribution is 2.24. The van der Waals surface area contributed by atoms with Gasteiger partial charge >= 0.3 is 12.1 Å². The number of aliphatic carboxylic acids is 1. The Morgan fingerprint density at radius 1 is 1.32 bits per heavy atom. The van der Waals surface area contributed by atoms with Crippen LogP contribution in [0.5, 0.6) is 0 Å². The number of furan rings is 1. The molecule has 7 nitrogen and oxygen atoms in total. The second-order valence-corrected chi connectivity index (χ2v) is 7.93. The van der Waals surface area contributed by atoms with Crippen LogP contribution >= 0.6 is 0 Å². The topological polar surface area (TPSA) is 83.2 Å². The molecule has 1 aliphatic heterocycles. The van der Waals surface area contributed by atoms with E-state index in [4.69, 9.17) is 9.15 Å². The van der Waals surface area contributed by atoms with Crippen molar-refractivity contribution in [1.29, 1.82) is 0 Å². The van der Waals surface area contributed by atoms with Gasteiger partial charge in [-0.05, 0) is 52.3 Å². The predicted octanol–water partition coefficient (Wildman–Crippen LogP) is 4.29. The number of carbonyl (C=O) groups excluding carboxylic acids is 1. The minimum atomic E-state index is -1.05. The van der Waals surface area contributed by atoms with Crippen molar-refractivity contribution in [3.63, 3.8) is 0 Å². The molecule has 0 bridgehead atoms. The molecule has 2 heterocycles. The quantitative estimate of drug-likeness (QED) is 0.699. The number of nitrogens with zero attached hydrogens (tertiary/aromatic N) is 2. The number of rotatable bonds is 7. The Bertz CT molecular complexity index is 770. The van der Waals surface area contributed by atoms with Crippen LogP contribution in [0.2, 0.25) is 0 Å². The highest BCUT2D eigenvalue weighted by atomic mass is 16.6. The largest absolute Gasteiger partial charge is 0.478 e. The summed E-state index contributed by atoms with van der Waals surface area (Å²) in [7, 11) is 0. The third-order valence-corrected chi connectivity index (χ3v) is 4.12. The number of carbonyl (C=O) groups is 2. The summed E-state index contributed by atoms with van der Waals surface area (Å²) in [6, 6.07) is 3.55. The summed E-state index contributed by atoms with van der Waals surface area (Å²) in [5, 5.41) is 9.63. The summed E-state index contributed by atoms with van der Waals surface area (Å²) >= 11 is 0.